The van der Waals surface area contributed by atoms with Gasteiger partial charge in [0.1, 0.15) is 11.4 Å². The highest BCUT2D eigenvalue weighted by atomic mass is 19.4. The van der Waals surface area contributed by atoms with Crippen molar-refractivity contribution >= 4 is 5.91 Å². The predicted molar refractivity (Wildman–Crippen MR) is 85.2 cm³/mol. The number of halogens is 3. The molecule has 3 rings (SSSR count). The van der Waals surface area contributed by atoms with Crippen LogP contribution in [0.5, 0.6) is 5.75 Å². The van der Waals surface area contributed by atoms with E-state index in [2.05, 4.69) is 4.98 Å². The molecule has 0 radical (unpaired) electrons. The van der Waals surface area contributed by atoms with Gasteiger partial charge < -0.3 is 9.64 Å². The number of ether oxygens (including phenoxy) is 1. The Morgan fingerprint density at radius 3 is 2.48 bits per heavy atom. The number of alkyl halides is 3. The van der Waals surface area contributed by atoms with Gasteiger partial charge in [-0.15, -0.1) is 0 Å². The summed E-state index contributed by atoms with van der Waals surface area (Å²) in [6, 6.07) is 9.39. The van der Waals surface area contributed by atoms with E-state index < -0.39 is 11.9 Å². The van der Waals surface area contributed by atoms with Crippen molar-refractivity contribution in [3.63, 3.8) is 0 Å². The molecule has 0 bridgehead atoms. The topological polar surface area (TPSA) is 42.4 Å². The second kappa shape index (κ2) is 6.74. The van der Waals surface area contributed by atoms with Crippen LogP contribution in [-0.2, 0) is 6.18 Å². The van der Waals surface area contributed by atoms with Crippen LogP contribution in [-0.4, -0.2) is 29.4 Å². The summed E-state index contributed by atoms with van der Waals surface area (Å²) in [4.78, 5) is 17.8. The molecule has 2 heterocycles. The van der Waals surface area contributed by atoms with Crippen molar-refractivity contribution in [2.75, 3.05) is 13.7 Å². The molecule has 1 amide bonds. The summed E-state index contributed by atoms with van der Waals surface area (Å²) < 4.78 is 42.9. The predicted octanol–water partition coefficient (Wildman–Crippen LogP) is 4.09. The molecular weight excluding hydrogens is 333 g/mol. The van der Waals surface area contributed by atoms with Crippen molar-refractivity contribution in [2.24, 2.45) is 0 Å². The Balaban J connectivity index is 1.80. The summed E-state index contributed by atoms with van der Waals surface area (Å²) in [5, 5.41) is 0. The van der Waals surface area contributed by atoms with Crippen LogP contribution < -0.4 is 4.74 Å². The van der Waals surface area contributed by atoms with Gasteiger partial charge in [-0.1, -0.05) is 12.1 Å². The molecule has 2 aromatic rings. The molecule has 1 aliphatic rings. The summed E-state index contributed by atoms with van der Waals surface area (Å²) in [6.45, 7) is 0.566. The molecule has 132 valence electrons. The standard InChI is InChI=1S/C18H17F3N2O2/c1-25-14-7-4-12(5-8-14)15-3-2-10-23(15)17(24)13-6-9-16(22-11-13)18(19,20)21/h4-9,11,15H,2-3,10H2,1H3. The smallest absolute Gasteiger partial charge is 0.433 e. The molecular formula is C18H17F3N2O2. The molecule has 7 heteroatoms. The van der Waals surface area contributed by atoms with E-state index in [-0.39, 0.29) is 17.5 Å². The molecule has 25 heavy (non-hydrogen) atoms. The second-order valence-corrected chi connectivity index (χ2v) is 5.86. The van der Waals surface area contributed by atoms with Gasteiger partial charge in [0.05, 0.1) is 18.7 Å². The lowest BCUT2D eigenvalue weighted by Crippen LogP contribution is -2.30. The van der Waals surface area contributed by atoms with Gasteiger partial charge in [0.15, 0.2) is 0 Å². The number of methoxy groups -OCH3 is 1. The lowest BCUT2D eigenvalue weighted by Gasteiger charge is -2.25. The molecule has 0 aliphatic carbocycles. The first kappa shape index (κ1) is 17.3. The van der Waals surface area contributed by atoms with Crippen LogP contribution >= 0.6 is 0 Å². The Kier molecular flexibility index (Phi) is 4.65. The summed E-state index contributed by atoms with van der Waals surface area (Å²) in [5.74, 6) is 0.422. The van der Waals surface area contributed by atoms with Gasteiger partial charge in [0.2, 0.25) is 0 Å². The Bertz CT molecular complexity index is 742. The van der Waals surface area contributed by atoms with Crippen molar-refractivity contribution in [3.8, 4) is 5.75 Å². The van der Waals surface area contributed by atoms with E-state index in [1.807, 2.05) is 24.3 Å². The highest BCUT2D eigenvalue weighted by molar-refractivity contribution is 5.94. The Hall–Kier alpha value is -2.57. The zero-order valence-electron chi connectivity index (χ0n) is 13.6. The maximum atomic E-state index is 12.7. The fourth-order valence-corrected chi connectivity index (χ4v) is 3.04. The average molecular weight is 350 g/mol. The number of hydrogen-bond donors (Lipinski definition) is 0. The van der Waals surface area contributed by atoms with Crippen LogP contribution in [0.15, 0.2) is 42.6 Å². The molecule has 1 aromatic carbocycles. The minimum absolute atomic E-state index is 0.0966. The zero-order valence-corrected chi connectivity index (χ0v) is 13.6. The summed E-state index contributed by atoms with van der Waals surface area (Å²) >= 11 is 0. The van der Waals surface area contributed by atoms with Crippen molar-refractivity contribution in [1.82, 2.24) is 9.88 Å². The number of pyridine rings is 1. The third-order valence-corrected chi connectivity index (χ3v) is 4.32. The third kappa shape index (κ3) is 3.60. The third-order valence-electron chi connectivity index (χ3n) is 4.32. The molecule has 1 atom stereocenters. The maximum absolute atomic E-state index is 12.7. The van der Waals surface area contributed by atoms with Crippen LogP contribution in [0.4, 0.5) is 13.2 Å². The minimum atomic E-state index is -4.51. The first-order chi connectivity index (χ1) is 11.9. The van der Waals surface area contributed by atoms with E-state index in [4.69, 9.17) is 4.74 Å². The molecule has 1 aromatic heterocycles. The fraction of sp³-hybridized carbons (Fsp3) is 0.333. The lowest BCUT2D eigenvalue weighted by atomic mass is 10.0. The van der Waals surface area contributed by atoms with Gasteiger partial charge in [0.25, 0.3) is 5.91 Å². The number of benzene rings is 1. The van der Waals surface area contributed by atoms with Gasteiger partial charge in [-0.25, -0.2) is 0 Å². The molecule has 1 fully saturated rings. The van der Waals surface area contributed by atoms with Crippen LogP contribution in [0.25, 0.3) is 0 Å². The number of likely N-dealkylation sites (tertiary alicyclic amines) is 1. The number of aromatic nitrogens is 1. The number of carbonyl (C=O) groups is 1. The highest BCUT2D eigenvalue weighted by Crippen LogP contribution is 2.34. The van der Waals surface area contributed by atoms with Gasteiger partial charge in [0, 0.05) is 12.7 Å². The molecule has 1 unspecified atom stereocenters. The fourth-order valence-electron chi connectivity index (χ4n) is 3.04. The van der Waals surface area contributed by atoms with Gasteiger partial charge in [-0.2, -0.15) is 13.2 Å². The number of nitrogens with zero attached hydrogens (tertiary/aromatic N) is 2. The molecule has 4 nitrogen and oxygen atoms in total. The van der Waals surface area contributed by atoms with Crippen LogP contribution in [0, 0.1) is 0 Å². The van der Waals surface area contributed by atoms with E-state index in [0.717, 1.165) is 36.4 Å². The van der Waals surface area contributed by atoms with E-state index >= 15 is 0 Å². The maximum Gasteiger partial charge on any atom is 0.433 e. The van der Waals surface area contributed by atoms with E-state index in [1.165, 1.54) is 6.07 Å². The monoisotopic (exact) mass is 350 g/mol. The normalized spacial score (nSPS) is 17.6. The van der Waals surface area contributed by atoms with E-state index in [9.17, 15) is 18.0 Å². The van der Waals surface area contributed by atoms with Crippen molar-refractivity contribution in [1.29, 1.82) is 0 Å². The average Bonchev–Trinajstić information content (AvgIpc) is 3.10. The van der Waals surface area contributed by atoms with Crippen LogP contribution in [0.3, 0.4) is 0 Å². The SMILES string of the molecule is COc1ccc(C2CCCN2C(=O)c2ccc(C(F)(F)F)nc2)cc1. The summed E-state index contributed by atoms with van der Waals surface area (Å²) in [7, 11) is 1.58. The Morgan fingerprint density at radius 1 is 1.20 bits per heavy atom. The first-order valence-corrected chi connectivity index (χ1v) is 7.88. The van der Waals surface area contributed by atoms with Crippen molar-refractivity contribution in [2.45, 2.75) is 25.1 Å². The molecule has 1 aliphatic heterocycles. The van der Waals surface area contributed by atoms with Crippen molar-refractivity contribution < 1.29 is 22.7 Å². The molecule has 0 saturated carbocycles. The van der Waals surface area contributed by atoms with E-state index in [0.29, 0.717) is 6.54 Å². The van der Waals surface area contributed by atoms with E-state index in [1.54, 1.807) is 12.0 Å². The highest BCUT2D eigenvalue weighted by Gasteiger charge is 2.34. The lowest BCUT2D eigenvalue weighted by molar-refractivity contribution is -0.141. The molecule has 0 spiro atoms. The Labute approximate surface area is 143 Å². The van der Waals surface area contributed by atoms with Crippen LogP contribution in [0.1, 0.15) is 40.5 Å². The first-order valence-electron chi connectivity index (χ1n) is 7.88. The summed E-state index contributed by atoms with van der Waals surface area (Å²) in [6.07, 6.45) is -1.86. The molecule has 1 saturated heterocycles. The Morgan fingerprint density at radius 2 is 1.92 bits per heavy atom. The number of amides is 1. The number of carbonyl (C=O) groups excluding carboxylic acids is 1. The van der Waals surface area contributed by atoms with Gasteiger partial charge in [-0.05, 0) is 42.7 Å². The van der Waals surface area contributed by atoms with Gasteiger partial charge >= 0.3 is 6.18 Å². The quantitative estimate of drug-likeness (QED) is 0.837. The zero-order chi connectivity index (χ0) is 18.0. The van der Waals surface area contributed by atoms with Gasteiger partial charge in [-0.3, -0.25) is 9.78 Å². The van der Waals surface area contributed by atoms with Crippen LogP contribution in [0.2, 0.25) is 0 Å². The van der Waals surface area contributed by atoms with Crippen molar-refractivity contribution in [3.05, 3.63) is 59.4 Å². The second-order valence-electron chi connectivity index (χ2n) is 5.86. The number of rotatable bonds is 3. The summed E-state index contributed by atoms with van der Waals surface area (Å²) in [5.41, 5.74) is 0.136. The minimum Gasteiger partial charge on any atom is -0.497 e. The number of hydrogen-bond acceptors (Lipinski definition) is 3. The largest absolute Gasteiger partial charge is 0.497 e. The molecule has 0 N–H and O–H groups in total.